The zero-order valence-electron chi connectivity index (χ0n) is 8.79. The molecule has 1 heterocycles. The summed E-state index contributed by atoms with van der Waals surface area (Å²) < 4.78 is 6.38. The number of furan rings is 1. The van der Waals surface area contributed by atoms with E-state index in [1.54, 1.807) is 6.26 Å². The van der Waals surface area contributed by atoms with Crippen LogP contribution in [0.5, 0.6) is 0 Å². The van der Waals surface area contributed by atoms with Crippen molar-refractivity contribution in [1.29, 1.82) is 0 Å². The maximum absolute atomic E-state index is 9.35. The fourth-order valence-electron chi connectivity index (χ4n) is 2.09. The van der Waals surface area contributed by atoms with Gasteiger partial charge in [0.05, 0.1) is 23.4 Å². The van der Waals surface area contributed by atoms with Crippen molar-refractivity contribution in [1.82, 2.24) is 5.32 Å². The minimum atomic E-state index is -0.0777. The number of hydrogen-bond donors (Lipinski definition) is 2. The quantitative estimate of drug-likeness (QED) is 0.887. The Morgan fingerprint density at radius 3 is 2.80 bits per heavy atom. The van der Waals surface area contributed by atoms with Gasteiger partial charge in [-0.3, -0.25) is 5.32 Å². The summed E-state index contributed by atoms with van der Waals surface area (Å²) in [6.07, 6.45) is 4.96. The molecule has 1 atom stereocenters. The topological polar surface area (TPSA) is 45.4 Å². The van der Waals surface area contributed by atoms with Gasteiger partial charge in [-0.25, -0.2) is 0 Å². The van der Waals surface area contributed by atoms with Crippen LogP contribution in [0, 0.1) is 0 Å². The Bertz CT molecular complexity index is 328. The van der Waals surface area contributed by atoms with E-state index in [1.807, 2.05) is 6.07 Å². The van der Waals surface area contributed by atoms with Gasteiger partial charge in [-0.2, -0.15) is 0 Å². The first-order chi connectivity index (χ1) is 7.17. The summed E-state index contributed by atoms with van der Waals surface area (Å²) in [4.78, 5) is 0. The lowest BCUT2D eigenvalue weighted by Crippen LogP contribution is -2.54. The van der Waals surface area contributed by atoms with Crippen molar-refractivity contribution in [2.45, 2.75) is 37.8 Å². The minimum absolute atomic E-state index is 0.0777. The number of rotatable bonds is 4. The number of aliphatic hydroxyl groups excluding tert-OH is 1. The molecule has 0 aromatic carbocycles. The van der Waals surface area contributed by atoms with Gasteiger partial charge in [-0.15, -0.1) is 0 Å². The fraction of sp³-hybridized carbons (Fsp3) is 0.636. The van der Waals surface area contributed by atoms with Crippen molar-refractivity contribution in [2.75, 3.05) is 6.61 Å². The lowest BCUT2D eigenvalue weighted by molar-refractivity contribution is 0.0757. The van der Waals surface area contributed by atoms with Crippen LogP contribution in [0.15, 0.2) is 21.2 Å². The van der Waals surface area contributed by atoms with Gasteiger partial charge in [0, 0.05) is 5.54 Å². The van der Waals surface area contributed by atoms with Crippen LogP contribution in [-0.4, -0.2) is 17.3 Å². The van der Waals surface area contributed by atoms with Gasteiger partial charge in [0.2, 0.25) is 0 Å². The average molecular weight is 274 g/mol. The van der Waals surface area contributed by atoms with Crippen molar-refractivity contribution < 1.29 is 9.52 Å². The Morgan fingerprint density at radius 2 is 2.40 bits per heavy atom. The highest BCUT2D eigenvalue weighted by Gasteiger charge is 2.37. The number of hydrogen-bond acceptors (Lipinski definition) is 3. The molecule has 1 aliphatic rings. The van der Waals surface area contributed by atoms with Crippen LogP contribution in [0.4, 0.5) is 0 Å². The van der Waals surface area contributed by atoms with Crippen LogP contribution >= 0.6 is 15.9 Å². The van der Waals surface area contributed by atoms with Crippen LogP contribution in [0.3, 0.4) is 0 Å². The molecule has 1 aliphatic carbocycles. The molecule has 1 aromatic rings. The van der Waals surface area contributed by atoms with Gasteiger partial charge in [-0.1, -0.05) is 0 Å². The first kappa shape index (κ1) is 11.2. The molecule has 0 aliphatic heterocycles. The van der Waals surface area contributed by atoms with Gasteiger partial charge >= 0.3 is 0 Å². The summed E-state index contributed by atoms with van der Waals surface area (Å²) in [6, 6.07) is 2.02. The van der Waals surface area contributed by atoms with E-state index in [9.17, 15) is 5.11 Å². The molecule has 1 saturated carbocycles. The highest BCUT2D eigenvalue weighted by atomic mass is 79.9. The largest absolute Gasteiger partial charge is 0.466 e. The van der Waals surface area contributed by atoms with Gasteiger partial charge in [-0.05, 0) is 48.2 Å². The molecule has 15 heavy (non-hydrogen) atoms. The third-order valence-corrected chi connectivity index (χ3v) is 3.83. The number of aliphatic hydroxyl groups is 1. The highest BCUT2D eigenvalue weighted by Crippen LogP contribution is 2.35. The first-order valence-corrected chi connectivity index (χ1v) is 6.08. The second-order valence-electron chi connectivity index (χ2n) is 4.29. The standard InChI is InChI=1S/C11H16BrNO2/c1-8(10-9(12)3-6-15-10)13-11(7-14)4-2-5-11/h3,6,8,13-14H,2,4-5,7H2,1H3. The highest BCUT2D eigenvalue weighted by molar-refractivity contribution is 9.10. The smallest absolute Gasteiger partial charge is 0.134 e. The van der Waals surface area contributed by atoms with Crippen molar-refractivity contribution in [3.63, 3.8) is 0 Å². The Kier molecular flexibility index (Phi) is 3.19. The average Bonchev–Trinajstić information content (AvgIpc) is 2.58. The van der Waals surface area contributed by atoms with E-state index in [0.717, 1.165) is 23.1 Å². The molecule has 2 N–H and O–H groups in total. The molecular weight excluding hydrogens is 258 g/mol. The summed E-state index contributed by atoms with van der Waals surface area (Å²) in [7, 11) is 0. The van der Waals surface area contributed by atoms with E-state index in [0.29, 0.717) is 0 Å². The summed E-state index contributed by atoms with van der Waals surface area (Å²) in [5.41, 5.74) is -0.0777. The molecule has 1 aromatic heterocycles. The molecule has 0 amide bonds. The van der Waals surface area contributed by atoms with Gasteiger partial charge < -0.3 is 9.52 Å². The summed E-state index contributed by atoms with van der Waals surface area (Å²) >= 11 is 3.44. The molecule has 84 valence electrons. The van der Waals surface area contributed by atoms with Crippen molar-refractivity contribution >= 4 is 15.9 Å². The van der Waals surface area contributed by atoms with Crippen LogP contribution in [0.1, 0.15) is 38.0 Å². The van der Waals surface area contributed by atoms with Crippen molar-refractivity contribution in [3.8, 4) is 0 Å². The van der Waals surface area contributed by atoms with E-state index in [2.05, 4.69) is 28.2 Å². The molecule has 0 radical (unpaired) electrons. The SMILES string of the molecule is CC(NC1(CO)CCC1)c1occc1Br. The van der Waals surface area contributed by atoms with Gasteiger partial charge in [0.15, 0.2) is 0 Å². The molecule has 1 fully saturated rings. The lowest BCUT2D eigenvalue weighted by atomic mass is 9.77. The van der Waals surface area contributed by atoms with Crippen LogP contribution in [-0.2, 0) is 0 Å². The maximum atomic E-state index is 9.35. The van der Waals surface area contributed by atoms with Gasteiger partial charge in [0.1, 0.15) is 5.76 Å². The number of halogens is 1. The molecule has 0 spiro atoms. The van der Waals surface area contributed by atoms with Crippen LogP contribution in [0.25, 0.3) is 0 Å². The summed E-state index contributed by atoms with van der Waals surface area (Å²) in [5, 5.41) is 12.8. The molecular formula is C11H16BrNO2. The van der Waals surface area contributed by atoms with E-state index in [-0.39, 0.29) is 18.2 Å². The van der Waals surface area contributed by atoms with Crippen molar-refractivity contribution in [3.05, 3.63) is 22.6 Å². The lowest BCUT2D eigenvalue weighted by Gasteiger charge is -2.43. The second-order valence-corrected chi connectivity index (χ2v) is 5.15. The van der Waals surface area contributed by atoms with E-state index < -0.39 is 0 Å². The normalized spacial score (nSPS) is 21.0. The number of nitrogens with one attached hydrogen (secondary N) is 1. The van der Waals surface area contributed by atoms with E-state index >= 15 is 0 Å². The third-order valence-electron chi connectivity index (χ3n) is 3.17. The molecule has 1 unspecified atom stereocenters. The molecule has 3 nitrogen and oxygen atoms in total. The third kappa shape index (κ3) is 2.12. The summed E-state index contributed by atoms with van der Waals surface area (Å²) in [6.45, 7) is 2.26. The Balaban J connectivity index is 2.03. The predicted molar refractivity (Wildman–Crippen MR) is 61.6 cm³/mol. The van der Waals surface area contributed by atoms with Gasteiger partial charge in [0.25, 0.3) is 0 Å². The maximum Gasteiger partial charge on any atom is 0.134 e. The zero-order valence-corrected chi connectivity index (χ0v) is 10.4. The van der Waals surface area contributed by atoms with Crippen LogP contribution in [0.2, 0.25) is 0 Å². The molecule has 2 rings (SSSR count). The summed E-state index contributed by atoms with van der Waals surface area (Å²) in [5.74, 6) is 0.898. The molecule has 0 saturated heterocycles. The van der Waals surface area contributed by atoms with Crippen molar-refractivity contribution in [2.24, 2.45) is 0 Å². The molecule has 0 bridgehead atoms. The first-order valence-electron chi connectivity index (χ1n) is 5.28. The minimum Gasteiger partial charge on any atom is -0.466 e. The van der Waals surface area contributed by atoms with Crippen LogP contribution < -0.4 is 5.32 Å². The fourth-order valence-corrected chi connectivity index (χ4v) is 2.64. The Morgan fingerprint density at radius 1 is 1.67 bits per heavy atom. The monoisotopic (exact) mass is 273 g/mol. The van der Waals surface area contributed by atoms with E-state index in [4.69, 9.17) is 4.42 Å². The molecule has 4 heteroatoms. The Hall–Kier alpha value is -0.320. The zero-order chi connectivity index (χ0) is 10.9. The van der Waals surface area contributed by atoms with E-state index in [1.165, 1.54) is 6.42 Å². The second kappa shape index (κ2) is 4.28. The predicted octanol–water partition coefficient (Wildman–Crippen LogP) is 2.61. The Labute approximate surface area is 98.0 Å².